The third-order valence-corrected chi connectivity index (χ3v) is 5.43. The van der Waals surface area contributed by atoms with Crippen molar-refractivity contribution in [1.82, 2.24) is 20.1 Å². The Morgan fingerprint density at radius 1 is 1.17 bits per heavy atom. The number of carbonyl (C=O) groups is 1. The fourth-order valence-corrected chi connectivity index (χ4v) is 3.73. The number of hydrogen-bond donors (Lipinski definition) is 1. The minimum Gasteiger partial charge on any atom is -0.346 e. The molecular weight excluding hydrogens is 437 g/mol. The van der Waals surface area contributed by atoms with Crippen LogP contribution in [-0.2, 0) is 4.79 Å². The van der Waals surface area contributed by atoms with E-state index >= 15 is 0 Å². The molecule has 0 bridgehead atoms. The van der Waals surface area contributed by atoms with Crippen molar-refractivity contribution in [3.05, 3.63) is 58.6 Å². The quantitative estimate of drug-likeness (QED) is 0.534. The van der Waals surface area contributed by atoms with E-state index in [0.29, 0.717) is 21.6 Å². The molecule has 0 atom stereocenters. The summed E-state index contributed by atoms with van der Waals surface area (Å²) >= 11 is 7.35. The summed E-state index contributed by atoms with van der Waals surface area (Å²) in [5.41, 5.74) is 3.40. The van der Waals surface area contributed by atoms with Crippen molar-refractivity contribution in [3.8, 4) is 17.1 Å². The van der Waals surface area contributed by atoms with Crippen molar-refractivity contribution >= 4 is 29.3 Å². The molecule has 30 heavy (non-hydrogen) atoms. The largest absolute Gasteiger partial charge is 0.405 e. The molecular formula is C20H18ClF3N4OS. The van der Waals surface area contributed by atoms with Gasteiger partial charge in [-0.05, 0) is 43.2 Å². The van der Waals surface area contributed by atoms with Crippen molar-refractivity contribution in [1.29, 1.82) is 0 Å². The molecule has 0 aliphatic heterocycles. The van der Waals surface area contributed by atoms with Crippen LogP contribution in [0.15, 0.2) is 47.6 Å². The third kappa shape index (κ3) is 5.34. The molecule has 0 aliphatic rings. The zero-order valence-electron chi connectivity index (χ0n) is 16.1. The smallest absolute Gasteiger partial charge is 0.346 e. The average molecular weight is 455 g/mol. The Balaban J connectivity index is 1.97. The number of carbonyl (C=O) groups excluding carboxylic acids is 1. The summed E-state index contributed by atoms with van der Waals surface area (Å²) in [5.74, 6) is -0.499. The van der Waals surface area contributed by atoms with Crippen molar-refractivity contribution in [2.45, 2.75) is 25.2 Å². The van der Waals surface area contributed by atoms with Crippen LogP contribution in [0.2, 0.25) is 5.02 Å². The minimum absolute atomic E-state index is 0.235. The molecule has 1 amide bonds. The number of aromatic nitrogens is 3. The summed E-state index contributed by atoms with van der Waals surface area (Å²) in [4.78, 5) is 11.9. The van der Waals surface area contributed by atoms with E-state index in [0.717, 1.165) is 28.6 Å². The van der Waals surface area contributed by atoms with Crippen LogP contribution in [0.1, 0.15) is 11.1 Å². The van der Waals surface area contributed by atoms with Gasteiger partial charge in [0.2, 0.25) is 5.91 Å². The second-order valence-electron chi connectivity index (χ2n) is 6.59. The average Bonchev–Trinajstić information content (AvgIpc) is 3.10. The molecule has 1 aromatic heterocycles. The second kappa shape index (κ2) is 9.09. The number of hydrogen-bond acceptors (Lipinski definition) is 4. The van der Waals surface area contributed by atoms with Gasteiger partial charge in [-0.15, -0.1) is 10.2 Å². The number of amides is 1. The molecule has 1 heterocycles. The van der Waals surface area contributed by atoms with Crippen molar-refractivity contribution in [2.75, 3.05) is 12.3 Å². The van der Waals surface area contributed by atoms with Gasteiger partial charge in [0.05, 0.1) is 16.5 Å². The van der Waals surface area contributed by atoms with Crippen LogP contribution < -0.4 is 5.32 Å². The van der Waals surface area contributed by atoms with Gasteiger partial charge in [-0.3, -0.25) is 9.36 Å². The molecule has 1 N–H and O–H groups in total. The lowest BCUT2D eigenvalue weighted by atomic mass is 10.1. The van der Waals surface area contributed by atoms with E-state index in [1.807, 2.05) is 43.4 Å². The van der Waals surface area contributed by atoms with Crippen molar-refractivity contribution < 1.29 is 18.0 Å². The maximum absolute atomic E-state index is 12.3. The lowest BCUT2D eigenvalue weighted by molar-refractivity contribution is -0.136. The van der Waals surface area contributed by atoms with Crippen LogP contribution in [0.4, 0.5) is 13.2 Å². The Morgan fingerprint density at radius 2 is 1.90 bits per heavy atom. The van der Waals surface area contributed by atoms with E-state index in [1.165, 1.54) is 0 Å². The standard InChI is InChI=1S/C20H18ClF3N4OS/c1-12-7-8-13(2)16(9-12)28-18(14-5-3-4-6-15(14)21)26-27-19(28)30-10-17(29)25-11-20(22,23)24/h3-9H,10-11H2,1-2H3,(H,25,29). The summed E-state index contributed by atoms with van der Waals surface area (Å²) in [5, 5.41) is 11.1. The number of thioether (sulfide) groups is 1. The topological polar surface area (TPSA) is 59.8 Å². The first-order chi connectivity index (χ1) is 14.2. The summed E-state index contributed by atoms with van der Waals surface area (Å²) < 4.78 is 38.7. The van der Waals surface area contributed by atoms with Gasteiger partial charge >= 0.3 is 6.18 Å². The highest BCUT2D eigenvalue weighted by Gasteiger charge is 2.28. The minimum atomic E-state index is -4.46. The Bertz CT molecular complexity index is 1070. The van der Waals surface area contributed by atoms with Crippen molar-refractivity contribution in [3.63, 3.8) is 0 Å². The normalized spacial score (nSPS) is 11.5. The van der Waals surface area contributed by atoms with Crippen LogP contribution in [0, 0.1) is 13.8 Å². The third-order valence-electron chi connectivity index (χ3n) is 4.17. The Hall–Kier alpha value is -2.52. The number of nitrogens with zero attached hydrogens (tertiary/aromatic N) is 3. The van der Waals surface area contributed by atoms with Gasteiger partial charge in [0, 0.05) is 5.56 Å². The summed E-state index contributed by atoms with van der Waals surface area (Å²) in [6, 6.07) is 13.0. The molecule has 0 fully saturated rings. The molecule has 2 aromatic carbocycles. The van der Waals surface area contributed by atoms with Gasteiger partial charge in [-0.2, -0.15) is 13.2 Å². The zero-order valence-corrected chi connectivity index (χ0v) is 17.7. The molecule has 10 heteroatoms. The Morgan fingerprint density at radius 3 is 2.60 bits per heavy atom. The molecule has 0 spiro atoms. The molecule has 0 saturated heterocycles. The molecule has 3 aromatic rings. The first-order valence-electron chi connectivity index (χ1n) is 8.90. The first kappa shape index (κ1) is 22.2. The van der Waals surface area contributed by atoms with Gasteiger partial charge in [-0.25, -0.2) is 0 Å². The molecule has 0 saturated carbocycles. The van der Waals surface area contributed by atoms with Crippen LogP contribution >= 0.6 is 23.4 Å². The van der Waals surface area contributed by atoms with E-state index in [4.69, 9.17) is 11.6 Å². The second-order valence-corrected chi connectivity index (χ2v) is 7.94. The lowest BCUT2D eigenvalue weighted by Gasteiger charge is -2.14. The van der Waals surface area contributed by atoms with Gasteiger partial charge < -0.3 is 5.32 Å². The SMILES string of the molecule is Cc1ccc(C)c(-n2c(SCC(=O)NCC(F)(F)F)nnc2-c2ccccc2Cl)c1. The number of nitrogens with one attached hydrogen (secondary N) is 1. The van der Waals surface area contributed by atoms with E-state index in [-0.39, 0.29) is 5.75 Å². The predicted octanol–water partition coefficient (Wildman–Crippen LogP) is 4.98. The van der Waals surface area contributed by atoms with E-state index < -0.39 is 18.6 Å². The molecule has 5 nitrogen and oxygen atoms in total. The maximum atomic E-state index is 12.3. The highest BCUT2D eigenvalue weighted by Crippen LogP contribution is 2.33. The summed E-state index contributed by atoms with van der Waals surface area (Å²) in [6.07, 6.45) is -4.46. The van der Waals surface area contributed by atoms with Crippen LogP contribution in [0.25, 0.3) is 17.1 Å². The fourth-order valence-electron chi connectivity index (χ4n) is 2.74. The zero-order chi connectivity index (χ0) is 21.9. The molecule has 158 valence electrons. The predicted molar refractivity (Wildman–Crippen MR) is 111 cm³/mol. The molecule has 0 unspecified atom stereocenters. The van der Waals surface area contributed by atoms with E-state index in [9.17, 15) is 18.0 Å². The number of halogens is 4. The van der Waals surface area contributed by atoms with Crippen LogP contribution in [0.5, 0.6) is 0 Å². The number of benzene rings is 2. The summed E-state index contributed by atoms with van der Waals surface area (Å²) in [6.45, 7) is 2.50. The van der Waals surface area contributed by atoms with Crippen molar-refractivity contribution in [2.24, 2.45) is 0 Å². The first-order valence-corrected chi connectivity index (χ1v) is 10.3. The highest BCUT2D eigenvalue weighted by atomic mass is 35.5. The molecule has 0 aliphatic carbocycles. The highest BCUT2D eigenvalue weighted by molar-refractivity contribution is 7.99. The Kier molecular flexibility index (Phi) is 6.72. The Labute approximate surface area is 180 Å². The fraction of sp³-hybridized carbons (Fsp3) is 0.250. The number of rotatable bonds is 6. The molecule has 0 radical (unpaired) electrons. The monoisotopic (exact) mass is 454 g/mol. The van der Waals surface area contributed by atoms with Gasteiger partial charge in [0.15, 0.2) is 11.0 Å². The van der Waals surface area contributed by atoms with E-state index in [1.54, 1.807) is 22.8 Å². The van der Waals surface area contributed by atoms with Crippen LogP contribution in [0.3, 0.4) is 0 Å². The van der Waals surface area contributed by atoms with Gasteiger partial charge in [0.25, 0.3) is 0 Å². The lowest BCUT2D eigenvalue weighted by Crippen LogP contribution is -2.34. The summed E-state index contributed by atoms with van der Waals surface area (Å²) in [7, 11) is 0. The maximum Gasteiger partial charge on any atom is 0.405 e. The van der Waals surface area contributed by atoms with Crippen LogP contribution in [-0.4, -0.2) is 39.1 Å². The number of aryl methyl sites for hydroxylation is 2. The van der Waals surface area contributed by atoms with Gasteiger partial charge in [0.1, 0.15) is 6.54 Å². The van der Waals surface area contributed by atoms with E-state index in [2.05, 4.69) is 10.2 Å². The number of alkyl halides is 3. The molecule has 3 rings (SSSR count). The van der Waals surface area contributed by atoms with Gasteiger partial charge in [-0.1, -0.05) is 47.6 Å².